The fourth-order valence-corrected chi connectivity index (χ4v) is 4.09. The molecule has 144 valence electrons. The number of hydrogen-bond donors (Lipinski definition) is 2. The average molecular weight is 403 g/mol. The lowest BCUT2D eigenvalue weighted by molar-refractivity contribution is 0.192. The van der Waals surface area contributed by atoms with E-state index in [1.165, 1.54) is 11.5 Å². The number of nitrogens with zero attached hydrogens (tertiary/aromatic N) is 5. The number of fused-ring (bicyclic) bond motifs is 1. The highest BCUT2D eigenvalue weighted by atomic mass is 32.1. The van der Waals surface area contributed by atoms with Crippen molar-refractivity contribution in [1.29, 1.82) is 0 Å². The van der Waals surface area contributed by atoms with Crippen LogP contribution in [-0.4, -0.2) is 41.8 Å². The van der Waals surface area contributed by atoms with Gasteiger partial charge in [-0.15, -0.1) is 0 Å². The van der Waals surface area contributed by atoms with E-state index in [-0.39, 0.29) is 12.1 Å². The number of imidazole rings is 1. The molecule has 0 unspecified atom stereocenters. The fourth-order valence-electron chi connectivity index (χ4n) is 3.51. The van der Waals surface area contributed by atoms with Gasteiger partial charge in [0.1, 0.15) is 6.04 Å². The van der Waals surface area contributed by atoms with Gasteiger partial charge in [-0.2, -0.15) is 9.36 Å². The number of amides is 2. The van der Waals surface area contributed by atoms with Crippen molar-refractivity contribution in [2.24, 2.45) is 0 Å². The van der Waals surface area contributed by atoms with Gasteiger partial charge in [-0.1, -0.05) is 36.4 Å². The minimum absolute atomic E-state index is 0.233. The Balaban J connectivity index is 1.41. The van der Waals surface area contributed by atoms with Gasteiger partial charge in [0.15, 0.2) is 5.82 Å². The lowest BCUT2D eigenvalue weighted by Crippen LogP contribution is -2.43. The van der Waals surface area contributed by atoms with Crippen LogP contribution in [0.25, 0.3) is 11.4 Å². The molecule has 1 aliphatic rings. The van der Waals surface area contributed by atoms with Gasteiger partial charge in [0.05, 0.1) is 12.0 Å². The number of hydrogen-bond acceptors (Lipinski definition) is 6. The highest BCUT2D eigenvalue weighted by molar-refractivity contribution is 7.10. The predicted octanol–water partition coefficient (Wildman–Crippen LogP) is 3.50. The molecule has 0 aliphatic carbocycles. The summed E-state index contributed by atoms with van der Waals surface area (Å²) in [6.45, 7) is 0.560. The molecule has 5 rings (SSSR count). The van der Waals surface area contributed by atoms with Crippen LogP contribution in [0, 0.1) is 0 Å². The zero-order chi connectivity index (χ0) is 19.6. The Bertz CT molecular complexity index is 1130. The smallest absolute Gasteiger partial charge is 0.324 e. The topological polar surface area (TPSA) is 99.7 Å². The normalized spacial score (nSPS) is 15.7. The molecule has 0 fully saturated rings. The maximum absolute atomic E-state index is 13.1. The molecule has 0 bridgehead atoms. The van der Waals surface area contributed by atoms with Gasteiger partial charge in [0.2, 0.25) is 5.13 Å². The molecular weight excluding hydrogens is 386 g/mol. The van der Waals surface area contributed by atoms with E-state index in [0.717, 1.165) is 22.5 Å². The zero-order valence-corrected chi connectivity index (χ0v) is 16.1. The third kappa shape index (κ3) is 3.36. The zero-order valence-electron chi connectivity index (χ0n) is 15.3. The van der Waals surface area contributed by atoms with Crippen molar-refractivity contribution in [3.63, 3.8) is 0 Å². The summed E-state index contributed by atoms with van der Waals surface area (Å²) in [4.78, 5) is 31.2. The van der Waals surface area contributed by atoms with Crippen molar-refractivity contribution in [3.8, 4) is 11.4 Å². The minimum atomic E-state index is -0.305. The molecule has 0 spiro atoms. The summed E-state index contributed by atoms with van der Waals surface area (Å²) in [5, 5.41) is 3.36. The molecule has 3 aromatic heterocycles. The first-order chi connectivity index (χ1) is 14.3. The van der Waals surface area contributed by atoms with Crippen molar-refractivity contribution in [2.45, 2.75) is 12.5 Å². The number of anilines is 1. The van der Waals surface area contributed by atoms with E-state index in [0.29, 0.717) is 23.9 Å². The molecule has 9 heteroatoms. The molecular formula is C20H17N7OS. The first-order valence-corrected chi connectivity index (χ1v) is 9.96. The number of aromatic amines is 1. The Morgan fingerprint density at radius 3 is 2.93 bits per heavy atom. The summed E-state index contributed by atoms with van der Waals surface area (Å²) in [5.74, 6) is 0.600. The van der Waals surface area contributed by atoms with E-state index in [9.17, 15) is 4.79 Å². The third-order valence-corrected chi connectivity index (χ3v) is 5.49. The van der Waals surface area contributed by atoms with Crippen LogP contribution in [0.4, 0.5) is 9.93 Å². The molecule has 8 nitrogen and oxygen atoms in total. The monoisotopic (exact) mass is 403 g/mol. The number of rotatable bonds is 3. The molecule has 2 amide bonds. The number of urea groups is 1. The predicted molar refractivity (Wildman–Crippen MR) is 109 cm³/mol. The summed E-state index contributed by atoms with van der Waals surface area (Å²) in [6, 6.07) is 13.0. The molecule has 4 heterocycles. The Morgan fingerprint density at radius 1 is 1.21 bits per heavy atom. The summed E-state index contributed by atoms with van der Waals surface area (Å²) >= 11 is 1.17. The summed E-state index contributed by atoms with van der Waals surface area (Å²) < 4.78 is 4.36. The molecule has 4 aromatic rings. The Kier molecular flexibility index (Phi) is 4.49. The third-order valence-electron chi connectivity index (χ3n) is 4.86. The lowest BCUT2D eigenvalue weighted by atomic mass is 9.97. The molecule has 0 saturated carbocycles. The van der Waals surface area contributed by atoms with Gasteiger partial charge in [0.25, 0.3) is 0 Å². The average Bonchev–Trinajstić information content (AvgIpc) is 3.43. The molecule has 1 aromatic carbocycles. The number of nitrogens with one attached hydrogen (secondary N) is 2. The number of pyridine rings is 1. The second-order valence-electron chi connectivity index (χ2n) is 6.62. The second-order valence-corrected chi connectivity index (χ2v) is 7.37. The van der Waals surface area contributed by atoms with Gasteiger partial charge >= 0.3 is 6.03 Å². The maximum atomic E-state index is 13.1. The van der Waals surface area contributed by atoms with E-state index >= 15 is 0 Å². The van der Waals surface area contributed by atoms with Crippen molar-refractivity contribution in [2.75, 3.05) is 11.9 Å². The van der Waals surface area contributed by atoms with Gasteiger partial charge in [0, 0.05) is 48.1 Å². The molecule has 1 aliphatic heterocycles. The van der Waals surface area contributed by atoms with E-state index in [1.807, 2.05) is 42.5 Å². The maximum Gasteiger partial charge on any atom is 0.324 e. The van der Waals surface area contributed by atoms with E-state index in [4.69, 9.17) is 0 Å². The van der Waals surface area contributed by atoms with Crippen molar-refractivity contribution >= 4 is 22.7 Å². The highest BCUT2D eigenvalue weighted by Crippen LogP contribution is 2.33. The Labute approximate surface area is 170 Å². The summed E-state index contributed by atoms with van der Waals surface area (Å²) in [5.41, 5.74) is 3.72. The van der Waals surface area contributed by atoms with Crippen LogP contribution in [0.3, 0.4) is 0 Å². The Morgan fingerprint density at radius 2 is 2.10 bits per heavy atom. The molecule has 1 atom stereocenters. The van der Waals surface area contributed by atoms with E-state index < -0.39 is 0 Å². The highest BCUT2D eigenvalue weighted by Gasteiger charge is 2.34. The van der Waals surface area contributed by atoms with Crippen molar-refractivity contribution in [1.82, 2.24) is 29.2 Å². The van der Waals surface area contributed by atoms with E-state index in [2.05, 4.69) is 29.6 Å². The van der Waals surface area contributed by atoms with E-state index in [1.54, 1.807) is 23.6 Å². The minimum Gasteiger partial charge on any atom is -0.348 e. The molecule has 0 saturated heterocycles. The number of H-pyrrole nitrogens is 1. The van der Waals surface area contributed by atoms with Crippen LogP contribution < -0.4 is 5.32 Å². The SMILES string of the molecule is O=C(Nc1nc(-c2ccccc2)ns1)N1CCc2[nH]cnc2[C@H]1c1cccnc1. The molecule has 29 heavy (non-hydrogen) atoms. The largest absolute Gasteiger partial charge is 0.348 e. The summed E-state index contributed by atoms with van der Waals surface area (Å²) in [7, 11) is 0. The van der Waals surface area contributed by atoms with Crippen LogP contribution in [0.2, 0.25) is 0 Å². The van der Waals surface area contributed by atoms with Crippen LogP contribution in [0.5, 0.6) is 0 Å². The number of benzene rings is 1. The van der Waals surface area contributed by atoms with Crippen molar-refractivity contribution in [3.05, 3.63) is 78.1 Å². The first-order valence-electron chi connectivity index (χ1n) is 9.18. The Hall–Kier alpha value is -3.59. The van der Waals surface area contributed by atoms with Crippen LogP contribution in [0.1, 0.15) is 23.0 Å². The van der Waals surface area contributed by atoms with Crippen LogP contribution in [0.15, 0.2) is 61.2 Å². The van der Waals surface area contributed by atoms with Gasteiger partial charge in [-0.25, -0.2) is 9.78 Å². The van der Waals surface area contributed by atoms with Crippen molar-refractivity contribution < 1.29 is 4.79 Å². The summed E-state index contributed by atoms with van der Waals surface area (Å²) in [6.07, 6.45) is 5.87. The second kappa shape index (κ2) is 7.44. The van der Waals surface area contributed by atoms with Crippen LogP contribution in [-0.2, 0) is 6.42 Å². The van der Waals surface area contributed by atoms with Gasteiger partial charge in [-0.3, -0.25) is 10.3 Å². The first kappa shape index (κ1) is 17.5. The number of aromatic nitrogens is 5. The number of carbonyl (C=O) groups is 1. The quantitative estimate of drug-likeness (QED) is 0.545. The van der Waals surface area contributed by atoms with Gasteiger partial charge in [-0.05, 0) is 11.6 Å². The standard InChI is InChI=1S/C20H17N7OS/c28-20(25-19-24-18(26-29-19)13-5-2-1-3-6-13)27-10-8-15-16(23-12-22-15)17(27)14-7-4-9-21-11-14/h1-7,9,11-12,17H,8,10H2,(H,22,23)(H,24,25,26,28)/t17-/m1/s1. The molecule has 0 radical (unpaired) electrons. The fraction of sp³-hybridized carbons (Fsp3) is 0.150. The lowest BCUT2D eigenvalue weighted by Gasteiger charge is -2.34. The van der Waals surface area contributed by atoms with Crippen LogP contribution >= 0.6 is 11.5 Å². The molecule has 2 N–H and O–H groups in total. The number of carbonyl (C=O) groups excluding carboxylic acids is 1. The van der Waals surface area contributed by atoms with Gasteiger partial charge < -0.3 is 9.88 Å².